The molecular formula is C29H26N2O5. The SMILES string of the molecule is COc1ccc(CN2COc3ccc4c(c3C2)O/C(=C\c2cn(C)c3ccccc23)C4=O)cc1OC. The number of allylic oxidation sites excluding steroid dienone is 1. The third-order valence-electron chi connectivity index (χ3n) is 6.75. The van der Waals surface area contributed by atoms with Gasteiger partial charge in [0.15, 0.2) is 17.3 Å². The maximum atomic E-state index is 13.3. The van der Waals surface area contributed by atoms with Crippen LogP contribution < -0.4 is 18.9 Å². The zero-order chi connectivity index (χ0) is 24.8. The molecule has 0 N–H and O–H groups in total. The van der Waals surface area contributed by atoms with Crippen LogP contribution in [0.4, 0.5) is 0 Å². The fraction of sp³-hybridized carbons (Fsp3) is 0.207. The number of benzene rings is 3. The van der Waals surface area contributed by atoms with Gasteiger partial charge in [0.25, 0.3) is 0 Å². The van der Waals surface area contributed by atoms with Gasteiger partial charge in [-0.3, -0.25) is 9.69 Å². The predicted octanol–water partition coefficient (Wildman–Crippen LogP) is 5.16. The molecule has 0 saturated carbocycles. The molecule has 0 radical (unpaired) electrons. The van der Waals surface area contributed by atoms with Crippen molar-refractivity contribution in [3.8, 4) is 23.0 Å². The standard InChI is InChI=1S/C29H26N2O5/c1-30-15-19(20-6-4-5-7-23(20)30)13-27-28(32)21-9-11-24-22(29(21)36-27)16-31(17-35-24)14-18-8-10-25(33-2)26(12-18)34-3/h4-13,15H,14,16-17H2,1-3H3/b27-13-. The Bertz CT molecular complexity index is 1530. The van der Waals surface area contributed by atoms with Crippen molar-refractivity contribution in [2.75, 3.05) is 21.0 Å². The topological polar surface area (TPSA) is 62.2 Å². The first-order valence-corrected chi connectivity index (χ1v) is 11.8. The summed E-state index contributed by atoms with van der Waals surface area (Å²) in [7, 11) is 5.25. The number of carbonyl (C=O) groups is 1. The van der Waals surface area contributed by atoms with Crippen molar-refractivity contribution in [1.29, 1.82) is 0 Å². The summed E-state index contributed by atoms with van der Waals surface area (Å²) < 4.78 is 25.1. The smallest absolute Gasteiger partial charge is 0.231 e. The Hall–Kier alpha value is -4.23. The van der Waals surface area contributed by atoms with Gasteiger partial charge >= 0.3 is 0 Å². The number of Topliss-reactive ketones (excluding diaryl/α,β-unsaturated/α-hetero) is 1. The summed E-state index contributed by atoms with van der Waals surface area (Å²) >= 11 is 0. The normalized spacial score (nSPS) is 16.0. The Balaban J connectivity index is 1.28. The second-order valence-corrected chi connectivity index (χ2v) is 9.02. The molecule has 36 heavy (non-hydrogen) atoms. The lowest BCUT2D eigenvalue weighted by molar-refractivity contribution is 0.0872. The molecule has 3 aromatic carbocycles. The zero-order valence-corrected chi connectivity index (χ0v) is 20.4. The van der Waals surface area contributed by atoms with Crippen molar-refractivity contribution in [2.45, 2.75) is 13.1 Å². The van der Waals surface area contributed by atoms with Crippen LogP contribution in [0.1, 0.15) is 27.0 Å². The number of rotatable bonds is 5. The third kappa shape index (κ3) is 3.69. The quantitative estimate of drug-likeness (QED) is 0.366. The van der Waals surface area contributed by atoms with E-state index in [1.165, 1.54) is 0 Å². The fourth-order valence-corrected chi connectivity index (χ4v) is 4.97. The van der Waals surface area contributed by atoms with Crippen LogP contribution in [0, 0.1) is 0 Å². The van der Waals surface area contributed by atoms with E-state index in [4.69, 9.17) is 18.9 Å². The van der Waals surface area contributed by atoms with Gasteiger partial charge in [-0.2, -0.15) is 0 Å². The highest BCUT2D eigenvalue weighted by molar-refractivity contribution is 6.15. The lowest BCUT2D eigenvalue weighted by Gasteiger charge is -2.29. The monoisotopic (exact) mass is 482 g/mol. The Labute approximate surface area is 209 Å². The molecule has 0 spiro atoms. The van der Waals surface area contributed by atoms with Gasteiger partial charge in [-0.05, 0) is 42.0 Å². The van der Waals surface area contributed by atoms with Crippen LogP contribution in [0.3, 0.4) is 0 Å². The lowest BCUT2D eigenvalue weighted by Crippen LogP contribution is -2.31. The van der Waals surface area contributed by atoms with Gasteiger partial charge in [0.2, 0.25) is 5.78 Å². The van der Waals surface area contributed by atoms with E-state index in [0.29, 0.717) is 48.4 Å². The molecule has 0 atom stereocenters. The summed E-state index contributed by atoms with van der Waals surface area (Å²) in [5, 5.41) is 1.08. The summed E-state index contributed by atoms with van der Waals surface area (Å²) in [5.41, 5.74) is 4.57. The number of aryl methyl sites for hydroxylation is 1. The Morgan fingerprint density at radius 2 is 1.86 bits per heavy atom. The van der Waals surface area contributed by atoms with E-state index in [0.717, 1.165) is 33.3 Å². The minimum absolute atomic E-state index is 0.113. The van der Waals surface area contributed by atoms with Crippen LogP contribution in [-0.2, 0) is 20.1 Å². The van der Waals surface area contributed by atoms with Gasteiger partial charge < -0.3 is 23.5 Å². The molecule has 182 valence electrons. The van der Waals surface area contributed by atoms with Crippen LogP contribution in [0.25, 0.3) is 17.0 Å². The minimum Gasteiger partial charge on any atom is -0.493 e. The fourth-order valence-electron chi connectivity index (χ4n) is 4.97. The molecule has 7 nitrogen and oxygen atoms in total. The first kappa shape index (κ1) is 22.2. The lowest BCUT2D eigenvalue weighted by atomic mass is 10.0. The predicted molar refractivity (Wildman–Crippen MR) is 137 cm³/mol. The maximum absolute atomic E-state index is 13.3. The molecule has 0 saturated heterocycles. The Morgan fingerprint density at radius 3 is 2.69 bits per heavy atom. The Morgan fingerprint density at radius 1 is 1.03 bits per heavy atom. The highest BCUT2D eigenvalue weighted by Crippen LogP contribution is 2.42. The average Bonchev–Trinajstić information content (AvgIpc) is 3.40. The van der Waals surface area contributed by atoms with Crippen LogP contribution in [-0.4, -0.2) is 36.2 Å². The molecule has 0 fully saturated rings. The second-order valence-electron chi connectivity index (χ2n) is 9.02. The van der Waals surface area contributed by atoms with Crippen LogP contribution in [0.5, 0.6) is 23.0 Å². The molecule has 2 aliphatic heterocycles. The van der Waals surface area contributed by atoms with E-state index in [1.807, 2.05) is 55.7 Å². The molecule has 1 aromatic heterocycles. The van der Waals surface area contributed by atoms with E-state index >= 15 is 0 Å². The number of hydrogen-bond acceptors (Lipinski definition) is 6. The highest BCUT2D eigenvalue weighted by atomic mass is 16.5. The van der Waals surface area contributed by atoms with Crippen molar-refractivity contribution in [3.05, 3.63) is 88.8 Å². The van der Waals surface area contributed by atoms with Crippen molar-refractivity contribution in [1.82, 2.24) is 9.47 Å². The molecule has 0 aliphatic carbocycles. The van der Waals surface area contributed by atoms with Gasteiger partial charge in [0.05, 0.1) is 25.3 Å². The van der Waals surface area contributed by atoms with Gasteiger partial charge in [0, 0.05) is 42.8 Å². The summed E-state index contributed by atoms with van der Waals surface area (Å²) in [6.07, 6.45) is 3.85. The van der Waals surface area contributed by atoms with Crippen molar-refractivity contribution in [2.24, 2.45) is 7.05 Å². The largest absolute Gasteiger partial charge is 0.493 e. The van der Waals surface area contributed by atoms with E-state index in [2.05, 4.69) is 21.6 Å². The third-order valence-corrected chi connectivity index (χ3v) is 6.75. The molecule has 0 bridgehead atoms. The summed E-state index contributed by atoms with van der Waals surface area (Å²) in [6, 6.07) is 17.7. The maximum Gasteiger partial charge on any atom is 0.231 e. The van der Waals surface area contributed by atoms with Crippen molar-refractivity contribution in [3.63, 3.8) is 0 Å². The molecule has 4 aromatic rings. The number of methoxy groups -OCH3 is 2. The molecule has 6 rings (SSSR count). The van der Waals surface area contributed by atoms with Crippen LogP contribution in [0.15, 0.2) is 66.6 Å². The summed E-state index contributed by atoms with van der Waals surface area (Å²) in [4.78, 5) is 15.4. The number of hydrogen-bond donors (Lipinski definition) is 0. The minimum atomic E-state index is -0.113. The summed E-state index contributed by atoms with van der Waals surface area (Å²) in [5.74, 6) is 2.92. The summed E-state index contributed by atoms with van der Waals surface area (Å²) in [6.45, 7) is 1.69. The number of ketones is 1. The van der Waals surface area contributed by atoms with Gasteiger partial charge in [-0.25, -0.2) is 0 Å². The number of carbonyl (C=O) groups excluding carboxylic acids is 1. The van der Waals surface area contributed by atoms with Gasteiger partial charge in [0.1, 0.15) is 18.2 Å². The van der Waals surface area contributed by atoms with Crippen molar-refractivity contribution < 1.29 is 23.7 Å². The van der Waals surface area contributed by atoms with Gasteiger partial charge in [-0.1, -0.05) is 24.3 Å². The average molecular weight is 483 g/mol. The number of aromatic nitrogens is 1. The molecule has 0 unspecified atom stereocenters. The number of fused-ring (bicyclic) bond motifs is 4. The van der Waals surface area contributed by atoms with E-state index < -0.39 is 0 Å². The molecule has 3 heterocycles. The zero-order valence-electron chi connectivity index (χ0n) is 20.4. The molecular weight excluding hydrogens is 456 g/mol. The van der Waals surface area contributed by atoms with E-state index in [1.54, 1.807) is 20.3 Å². The number of nitrogens with zero attached hydrogens (tertiary/aromatic N) is 2. The number of ether oxygens (including phenoxy) is 4. The Kier molecular flexibility index (Phi) is 5.42. The van der Waals surface area contributed by atoms with Crippen LogP contribution >= 0.6 is 0 Å². The molecule has 7 heteroatoms. The van der Waals surface area contributed by atoms with Crippen LogP contribution in [0.2, 0.25) is 0 Å². The van der Waals surface area contributed by atoms with E-state index in [9.17, 15) is 4.79 Å². The number of para-hydroxylation sites is 1. The second kappa shape index (κ2) is 8.77. The van der Waals surface area contributed by atoms with Crippen molar-refractivity contribution >= 4 is 22.8 Å². The molecule has 0 amide bonds. The first-order chi connectivity index (χ1) is 17.6. The first-order valence-electron chi connectivity index (χ1n) is 11.8. The van der Waals surface area contributed by atoms with E-state index in [-0.39, 0.29) is 5.78 Å². The van der Waals surface area contributed by atoms with Gasteiger partial charge in [-0.15, -0.1) is 0 Å². The molecule has 2 aliphatic rings. The highest BCUT2D eigenvalue weighted by Gasteiger charge is 2.34.